The highest BCUT2D eigenvalue weighted by Crippen LogP contribution is 2.46. The molecule has 6 rings (SSSR count). The summed E-state index contributed by atoms with van der Waals surface area (Å²) >= 11 is 0. The van der Waals surface area contributed by atoms with Gasteiger partial charge in [0.25, 0.3) is 0 Å². The molecule has 0 amide bonds. The van der Waals surface area contributed by atoms with E-state index in [1.54, 1.807) is 14.0 Å². The third-order valence-corrected chi connectivity index (χ3v) is 12.4. The van der Waals surface area contributed by atoms with Crippen LogP contribution in [-0.2, 0) is 70.2 Å². The molecule has 6 bridgehead atoms. The summed E-state index contributed by atoms with van der Waals surface area (Å²) in [5, 5.41) is 0. The number of cyclic esters (lactones) is 1. The van der Waals surface area contributed by atoms with E-state index in [1.807, 2.05) is 80.6 Å². The highest BCUT2D eigenvalue weighted by atomic mass is 16.7. The van der Waals surface area contributed by atoms with Gasteiger partial charge < -0.3 is 47.4 Å². The van der Waals surface area contributed by atoms with Gasteiger partial charge in [-0.3, -0.25) is 9.59 Å². The quantitative estimate of drug-likeness (QED) is 0.0665. The van der Waals surface area contributed by atoms with Crippen LogP contribution in [0.2, 0.25) is 0 Å². The number of carbonyl (C=O) groups excluding carboxylic acids is 3. The second-order valence-electron chi connectivity index (χ2n) is 17.9. The average Bonchev–Trinajstić information content (AvgIpc) is 3.26. The predicted molar refractivity (Wildman–Crippen MR) is 238 cm³/mol. The third kappa shape index (κ3) is 13.1. The summed E-state index contributed by atoms with van der Waals surface area (Å²) in [7, 11) is 4.27. The van der Waals surface area contributed by atoms with E-state index in [9.17, 15) is 14.4 Å². The Labute approximate surface area is 378 Å². The number of hydrogen-bond acceptors (Lipinski definition) is 13. The van der Waals surface area contributed by atoms with Crippen LogP contribution < -0.4 is 4.74 Å². The monoisotopic (exact) mass is 886 g/mol. The summed E-state index contributed by atoms with van der Waals surface area (Å²) in [5.74, 6) is -2.92. The van der Waals surface area contributed by atoms with E-state index in [4.69, 9.17) is 47.4 Å². The first-order valence-corrected chi connectivity index (χ1v) is 22.3. The number of carbonyl (C=O) groups is 3. The summed E-state index contributed by atoms with van der Waals surface area (Å²) in [6.45, 7) is 14.7. The summed E-state index contributed by atoms with van der Waals surface area (Å²) < 4.78 is 61.6. The van der Waals surface area contributed by atoms with Crippen molar-refractivity contribution in [2.24, 2.45) is 5.41 Å². The number of ketones is 1. The fourth-order valence-electron chi connectivity index (χ4n) is 9.03. The number of methoxy groups -OCH3 is 3. The van der Waals surface area contributed by atoms with Gasteiger partial charge in [0.15, 0.2) is 0 Å². The molecule has 348 valence electrons. The lowest BCUT2D eigenvalue weighted by molar-refractivity contribution is -0.280. The van der Waals surface area contributed by atoms with Crippen LogP contribution >= 0.6 is 0 Å². The highest BCUT2D eigenvalue weighted by Gasteiger charge is 2.57. The Kier molecular flexibility index (Phi) is 17.3. The topological polar surface area (TPSA) is 144 Å². The molecule has 0 N–H and O–H groups in total. The lowest BCUT2D eigenvalue weighted by Gasteiger charge is -2.48. The number of Topliss-reactive ketones (excluding diaryl/α,β-unsaturated/α-hetero) is 1. The lowest BCUT2D eigenvalue weighted by atomic mass is 9.74. The third-order valence-electron chi connectivity index (χ3n) is 12.4. The molecule has 3 saturated heterocycles. The van der Waals surface area contributed by atoms with Crippen molar-refractivity contribution in [3.63, 3.8) is 0 Å². The predicted octanol–water partition coefficient (Wildman–Crippen LogP) is 8.24. The van der Waals surface area contributed by atoms with Gasteiger partial charge in [-0.2, -0.15) is 0 Å². The van der Waals surface area contributed by atoms with Crippen LogP contribution in [0.25, 0.3) is 0 Å². The Balaban J connectivity index is 1.34. The molecule has 4 aliphatic rings. The first kappa shape index (κ1) is 49.0. The van der Waals surface area contributed by atoms with Crippen molar-refractivity contribution in [1.82, 2.24) is 0 Å². The number of hydrogen-bond donors (Lipinski definition) is 0. The summed E-state index contributed by atoms with van der Waals surface area (Å²) in [6.07, 6.45) is 4.66. The molecule has 0 aliphatic carbocycles. The Morgan fingerprint density at radius 2 is 1.48 bits per heavy atom. The van der Waals surface area contributed by atoms with Gasteiger partial charge in [0, 0.05) is 49.9 Å². The van der Waals surface area contributed by atoms with Crippen molar-refractivity contribution in [3.8, 4) is 5.75 Å². The van der Waals surface area contributed by atoms with E-state index < -0.39 is 53.3 Å². The average molecular weight is 887 g/mol. The smallest absolute Gasteiger partial charge is 0.330 e. The second kappa shape index (κ2) is 22.6. The van der Waals surface area contributed by atoms with Gasteiger partial charge >= 0.3 is 11.9 Å². The van der Waals surface area contributed by atoms with E-state index in [0.717, 1.165) is 28.0 Å². The minimum Gasteiger partial charge on any atom is -0.497 e. The maximum atomic E-state index is 14.6. The first-order valence-electron chi connectivity index (χ1n) is 22.3. The van der Waals surface area contributed by atoms with E-state index in [-0.39, 0.29) is 62.7 Å². The van der Waals surface area contributed by atoms with E-state index >= 15 is 0 Å². The minimum atomic E-state index is -1.90. The molecule has 2 aromatic carbocycles. The van der Waals surface area contributed by atoms with Gasteiger partial charge in [0.1, 0.15) is 18.6 Å². The molecule has 4 heterocycles. The minimum absolute atomic E-state index is 0.00895. The van der Waals surface area contributed by atoms with Crippen LogP contribution in [0, 0.1) is 5.41 Å². The number of esters is 2. The molecule has 13 nitrogen and oxygen atoms in total. The van der Waals surface area contributed by atoms with Crippen molar-refractivity contribution in [2.45, 2.75) is 146 Å². The summed E-state index contributed by atoms with van der Waals surface area (Å²) in [6, 6.07) is 17.3. The zero-order valence-electron chi connectivity index (χ0n) is 38.3. The molecule has 0 radical (unpaired) electrons. The van der Waals surface area contributed by atoms with Gasteiger partial charge in [0.2, 0.25) is 11.6 Å². The van der Waals surface area contributed by atoms with Crippen molar-refractivity contribution in [1.29, 1.82) is 0 Å². The maximum Gasteiger partial charge on any atom is 0.330 e. The molecule has 9 atom stereocenters. The van der Waals surface area contributed by atoms with Crippen LogP contribution in [0.5, 0.6) is 5.75 Å². The van der Waals surface area contributed by atoms with Gasteiger partial charge in [-0.15, -0.1) is 0 Å². The fraction of sp³-hybridized carbons (Fsp3) is 0.549. The van der Waals surface area contributed by atoms with Gasteiger partial charge in [-0.1, -0.05) is 92.8 Å². The van der Waals surface area contributed by atoms with Crippen LogP contribution in [0.1, 0.15) is 89.7 Å². The lowest BCUT2D eigenvalue weighted by Crippen LogP contribution is -2.60. The summed E-state index contributed by atoms with van der Waals surface area (Å²) in [5.41, 5.74) is 3.03. The van der Waals surface area contributed by atoms with Crippen LogP contribution in [0.4, 0.5) is 0 Å². The first-order chi connectivity index (χ1) is 30.7. The van der Waals surface area contributed by atoms with E-state index in [1.165, 1.54) is 20.3 Å². The van der Waals surface area contributed by atoms with E-state index in [2.05, 4.69) is 13.2 Å². The SMILES string of the molecule is C=C1C[C@@H]2C[C@@H]3CC(=C)C[C@H](C=CC(C)(C)[C@]4(OC)O[C@@H](CC(=CC(=O)OC)C4=O)C[C@H]([C@@H](C)OCOCc4ccccc4)OC(=O)C[C@H](OCc4ccc(OC)cc4)C[C@H](C1)O2)O3. The number of fused-ring (bicyclic) bond motifs is 6. The Morgan fingerprint density at radius 3 is 2.17 bits per heavy atom. The van der Waals surface area contributed by atoms with E-state index in [0.29, 0.717) is 45.1 Å². The van der Waals surface area contributed by atoms with Crippen molar-refractivity contribution >= 4 is 17.7 Å². The van der Waals surface area contributed by atoms with Gasteiger partial charge in [-0.05, 0) is 55.9 Å². The zero-order valence-corrected chi connectivity index (χ0v) is 38.3. The summed E-state index contributed by atoms with van der Waals surface area (Å²) in [4.78, 5) is 41.6. The van der Waals surface area contributed by atoms with Crippen molar-refractivity contribution in [3.05, 3.63) is 114 Å². The highest BCUT2D eigenvalue weighted by molar-refractivity contribution is 6.06. The molecule has 64 heavy (non-hydrogen) atoms. The fourth-order valence-corrected chi connectivity index (χ4v) is 9.03. The number of rotatable bonds is 12. The molecule has 2 aromatic rings. The number of ether oxygens (including phenoxy) is 10. The molecule has 0 unspecified atom stereocenters. The molecule has 3 fully saturated rings. The Morgan fingerprint density at radius 1 is 0.812 bits per heavy atom. The zero-order chi connectivity index (χ0) is 45.9. The molecule has 4 aliphatic heterocycles. The Hall–Kier alpha value is -4.47. The standard InChI is InChI=1S/C51H66O13/c1-33-20-40-18-19-50(4,5)51(57-8)49(54)38(25-47(52)56-7)24-45(64-51)28-46(35(3)60-32-58-30-36-12-10-9-11-13-36)63-48(53)29-41(59-31-37-14-16-39(55-6)17-15-37)26-42-22-34(2)23-44(62-42)27-43(21-33)61-40/h9-19,25,35,40-46H,1-2,20-24,26-32H2,3-8H3/t35-,40+,41-,42+,43+,44-,45+,46-,51-/m1/s1. The normalized spacial score (nSPS) is 30.3. The molecule has 0 saturated carbocycles. The van der Waals surface area contributed by atoms with Gasteiger partial charge in [-0.25, -0.2) is 4.79 Å². The van der Waals surface area contributed by atoms with Gasteiger partial charge in [0.05, 0.1) is 76.6 Å². The number of benzene rings is 2. The van der Waals surface area contributed by atoms with Crippen LogP contribution in [-0.4, -0.2) is 100 Å². The second-order valence-corrected chi connectivity index (χ2v) is 17.9. The Bertz CT molecular complexity index is 1970. The maximum absolute atomic E-state index is 14.6. The van der Waals surface area contributed by atoms with Crippen molar-refractivity contribution < 1.29 is 61.8 Å². The molecule has 13 heteroatoms. The molecule has 0 aromatic heterocycles. The molecule has 0 spiro atoms. The largest absolute Gasteiger partial charge is 0.497 e. The van der Waals surface area contributed by atoms with Crippen LogP contribution in [0.15, 0.2) is 103 Å². The molecular formula is C51H66O13. The van der Waals surface area contributed by atoms with Crippen molar-refractivity contribution in [2.75, 3.05) is 28.1 Å². The molecular weight excluding hydrogens is 821 g/mol. The van der Waals surface area contributed by atoms with Crippen LogP contribution in [0.3, 0.4) is 0 Å².